The number of hydrogen-bond acceptors (Lipinski definition) is 6. The first-order valence-electron chi connectivity index (χ1n) is 10.6. The van der Waals surface area contributed by atoms with E-state index in [2.05, 4.69) is 65.5 Å². The highest BCUT2D eigenvalue weighted by Crippen LogP contribution is 2.29. The molecule has 168 valence electrons. The summed E-state index contributed by atoms with van der Waals surface area (Å²) in [6, 6.07) is 22.4. The number of methoxy groups -OCH3 is 1. The van der Waals surface area contributed by atoms with Crippen LogP contribution in [0.15, 0.2) is 83.3 Å². The van der Waals surface area contributed by atoms with Crippen molar-refractivity contribution in [2.75, 3.05) is 7.11 Å². The molecule has 6 nitrogen and oxygen atoms in total. The van der Waals surface area contributed by atoms with Gasteiger partial charge >= 0.3 is 0 Å². The van der Waals surface area contributed by atoms with Gasteiger partial charge in [0.25, 0.3) is 0 Å². The van der Waals surface area contributed by atoms with E-state index in [0.717, 1.165) is 22.0 Å². The van der Waals surface area contributed by atoms with Gasteiger partial charge in [0.05, 0.1) is 13.3 Å². The van der Waals surface area contributed by atoms with Gasteiger partial charge in [0.1, 0.15) is 12.9 Å². The molecule has 1 heterocycles. The largest absolute Gasteiger partial charge is 0.493 e. The van der Waals surface area contributed by atoms with Gasteiger partial charge < -0.3 is 9.47 Å². The number of nitrogens with zero attached hydrogens (tertiary/aromatic N) is 4. The van der Waals surface area contributed by atoms with E-state index in [-0.39, 0.29) is 0 Å². The molecule has 0 amide bonds. The van der Waals surface area contributed by atoms with Crippen LogP contribution >= 0.6 is 11.8 Å². The van der Waals surface area contributed by atoms with Crippen LogP contribution in [0.3, 0.4) is 0 Å². The van der Waals surface area contributed by atoms with Crippen LogP contribution in [-0.2, 0) is 12.4 Å². The summed E-state index contributed by atoms with van der Waals surface area (Å²) in [4.78, 5) is 0. The summed E-state index contributed by atoms with van der Waals surface area (Å²) in [6.07, 6.45) is 3.36. The predicted molar refractivity (Wildman–Crippen MR) is 132 cm³/mol. The van der Waals surface area contributed by atoms with Crippen LogP contribution in [0.1, 0.15) is 27.8 Å². The topological polar surface area (TPSA) is 61.5 Å². The van der Waals surface area contributed by atoms with Gasteiger partial charge in [-0.25, -0.2) is 0 Å². The highest BCUT2D eigenvalue weighted by molar-refractivity contribution is 7.98. The van der Waals surface area contributed by atoms with Crippen LogP contribution < -0.4 is 9.47 Å². The van der Waals surface area contributed by atoms with E-state index in [9.17, 15) is 0 Å². The first-order chi connectivity index (χ1) is 16.1. The van der Waals surface area contributed by atoms with Crippen molar-refractivity contribution in [2.24, 2.45) is 5.10 Å². The minimum atomic E-state index is 0.485. The van der Waals surface area contributed by atoms with Crippen LogP contribution in [0.4, 0.5) is 0 Å². The third-order valence-corrected chi connectivity index (χ3v) is 6.16. The van der Waals surface area contributed by atoms with Gasteiger partial charge in [0.2, 0.25) is 5.16 Å². The van der Waals surface area contributed by atoms with Gasteiger partial charge in [-0.05, 0) is 54.3 Å². The molecule has 33 heavy (non-hydrogen) atoms. The van der Waals surface area contributed by atoms with E-state index in [1.54, 1.807) is 36.1 Å². The highest BCUT2D eigenvalue weighted by Gasteiger charge is 2.08. The molecule has 0 aliphatic carbocycles. The number of ether oxygens (including phenoxy) is 2. The molecule has 0 unspecified atom stereocenters. The summed E-state index contributed by atoms with van der Waals surface area (Å²) in [5.41, 5.74) is 5.71. The first-order valence-corrected chi connectivity index (χ1v) is 11.6. The smallest absolute Gasteiger partial charge is 0.212 e. The minimum absolute atomic E-state index is 0.485. The summed E-state index contributed by atoms with van der Waals surface area (Å²) >= 11 is 1.59. The monoisotopic (exact) mass is 458 g/mol. The molecule has 0 aliphatic heterocycles. The number of thioether (sulfide) groups is 1. The lowest BCUT2D eigenvalue weighted by Gasteiger charge is -2.12. The highest BCUT2D eigenvalue weighted by atomic mass is 32.2. The molecular formula is C26H26N4O2S. The maximum absolute atomic E-state index is 6.00. The molecule has 4 aromatic rings. The third kappa shape index (κ3) is 6.02. The van der Waals surface area contributed by atoms with Crippen molar-refractivity contribution in [1.82, 2.24) is 14.9 Å². The van der Waals surface area contributed by atoms with Gasteiger partial charge in [0, 0.05) is 5.75 Å². The molecule has 0 saturated heterocycles. The number of benzene rings is 3. The Morgan fingerprint density at radius 1 is 1.00 bits per heavy atom. The van der Waals surface area contributed by atoms with E-state index in [0.29, 0.717) is 18.1 Å². The number of aryl methyl sites for hydroxylation is 2. The molecule has 7 heteroatoms. The Kier molecular flexibility index (Phi) is 7.42. The quantitative estimate of drug-likeness (QED) is 0.239. The van der Waals surface area contributed by atoms with Crippen LogP contribution in [0.5, 0.6) is 11.5 Å². The molecule has 0 radical (unpaired) electrons. The van der Waals surface area contributed by atoms with Crippen molar-refractivity contribution in [2.45, 2.75) is 31.4 Å². The average molecular weight is 459 g/mol. The van der Waals surface area contributed by atoms with Crippen molar-refractivity contribution in [3.05, 3.63) is 101 Å². The average Bonchev–Trinajstić information content (AvgIpc) is 3.29. The maximum atomic E-state index is 6.00. The van der Waals surface area contributed by atoms with Gasteiger partial charge in [0.15, 0.2) is 11.5 Å². The lowest BCUT2D eigenvalue weighted by Crippen LogP contribution is -2.00. The Morgan fingerprint density at radius 2 is 1.82 bits per heavy atom. The van der Waals surface area contributed by atoms with Crippen molar-refractivity contribution in [3.63, 3.8) is 0 Å². The summed E-state index contributed by atoms with van der Waals surface area (Å²) in [5, 5.41) is 13.4. The molecule has 0 atom stereocenters. The summed E-state index contributed by atoms with van der Waals surface area (Å²) in [6.45, 7) is 4.65. The van der Waals surface area contributed by atoms with E-state index >= 15 is 0 Å². The molecule has 0 spiro atoms. The number of aromatic nitrogens is 3. The molecule has 3 aromatic carbocycles. The number of rotatable bonds is 9. The van der Waals surface area contributed by atoms with E-state index in [1.807, 2.05) is 30.3 Å². The van der Waals surface area contributed by atoms with Crippen molar-refractivity contribution in [1.29, 1.82) is 0 Å². The van der Waals surface area contributed by atoms with Gasteiger partial charge in [-0.15, -0.1) is 10.2 Å². The van der Waals surface area contributed by atoms with Crippen LogP contribution in [-0.4, -0.2) is 28.2 Å². The third-order valence-electron chi connectivity index (χ3n) is 5.15. The SMILES string of the molecule is COc1cc(/C=N/n2cnnc2SCc2ccc(C)cc2)ccc1OCc1ccccc1C. The minimum Gasteiger partial charge on any atom is -0.493 e. The lowest BCUT2D eigenvalue weighted by atomic mass is 10.1. The Balaban J connectivity index is 1.41. The van der Waals surface area contributed by atoms with Gasteiger partial charge in [-0.2, -0.15) is 9.78 Å². The first kappa shape index (κ1) is 22.6. The zero-order chi connectivity index (χ0) is 23.0. The normalized spacial score (nSPS) is 11.1. The Bertz CT molecular complexity index is 1240. The van der Waals surface area contributed by atoms with Crippen LogP contribution in [0, 0.1) is 13.8 Å². The second-order valence-corrected chi connectivity index (χ2v) is 8.54. The molecule has 0 N–H and O–H groups in total. The Labute approximate surface area is 198 Å². The van der Waals surface area contributed by atoms with Crippen molar-refractivity contribution >= 4 is 18.0 Å². The summed E-state index contributed by atoms with van der Waals surface area (Å²) < 4.78 is 13.2. The predicted octanol–water partition coefficient (Wildman–Crippen LogP) is 5.66. The summed E-state index contributed by atoms with van der Waals surface area (Å²) in [7, 11) is 1.64. The molecular weight excluding hydrogens is 432 g/mol. The second-order valence-electron chi connectivity index (χ2n) is 7.60. The number of hydrogen-bond donors (Lipinski definition) is 0. The molecule has 1 aromatic heterocycles. The fraction of sp³-hybridized carbons (Fsp3) is 0.192. The molecule has 0 aliphatic rings. The van der Waals surface area contributed by atoms with Crippen molar-refractivity contribution < 1.29 is 9.47 Å². The standard InChI is InChI=1S/C26H26N4O2S/c1-19-8-10-21(11-9-19)17-33-26-29-27-18-30(26)28-15-22-12-13-24(25(14-22)31-3)32-16-23-7-5-4-6-20(23)2/h4-15,18H,16-17H2,1-3H3/b28-15+. The molecule has 0 saturated carbocycles. The Hall–Kier alpha value is -3.58. The molecule has 0 fully saturated rings. The zero-order valence-electron chi connectivity index (χ0n) is 18.9. The zero-order valence-corrected chi connectivity index (χ0v) is 19.7. The lowest BCUT2D eigenvalue weighted by molar-refractivity contribution is 0.284. The molecule has 0 bridgehead atoms. The van der Waals surface area contributed by atoms with Crippen LogP contribution in [0.25, 0.3) is 0 Å². The summed E-state index contributed by atoms with van der Waals surface area (Å²) in [5.74, 6) is 2.15. The van der Waals surface area contributed by atoms with Gasteiger partial charge in [-0.1, -0.05) is 65.9 Å². The van der Waals surface area contributed by atoms with E-state index in [4.69, 9.17) is 9.47 Å². The van der Waals surface area contributed by atoms with Crippen LogP contribution in [0.2, 0.25) is 0 Å². The fourth-order valence-corrected chi connectivity index (χ4v) is 3.99. The fourth-order valence-electron chi connectivity index (χ4n) is 3.17. The van der Waals surface area contributed by atoms with E-state index in [1.165, 1.54) is 16.7 Å². The molecule has 4 rings (SSSR count). The van der Waals surface area contributed by atoms with Crippen molar-refractivity contribution in [3.8, 4) is 11.5 Å². The van der Waals surface area contributed by atoms with E-state index < -0.39 is 0 Å². The Morgan fingerprint density at radius 3 is 2.61 bits per heavy atom. The second kappa shape index (κ2) is 10.8. The van der Waals surface area contributed by atoms with Gasteiger partial charge in [-0.3, -0.25) is 0 Å². The maximum Gasteiger partial charge on any atom is 0.212 e.